The van der Waals surface area contributed by atoms with E-state index in [1.807, 2.05) is 48.5 Å². The average Bonchev–Trinajstić information content (AvgIpc) is 1.92. The first-order valence-electron chi connectivity index (χ1n) is 29.5. The smallest absolute Gasteiger partial charge is 0.411 e. The number of nitrogens with zero attached hydrogens (tertiary/aromatic N) is 4. The molecule has 25 heteroatoms. The van der Waals surface area contributed by atoms with Crippen LogP contribution in [0.3, 0.4) is 0 Å². The van der Waals surface area contributed by atoms with Crippen molar-refractivity contribution >= 4 is 68.5 Å². The Labute approximate surface area is 511 Å². The fourth-order valence-electron chi connectivity index (χ4n) is 10.9. The highest BCUT2D eigenvalue weighted by Crippen LogP contribution is 2.45. The maximum Gasteiger partial charge on any atom is 0.411 e. The first-order chi connectivity index (χ1) is 42.2. The van der Waals surface area contributed by atoms with E-state index in [9.17, 15) is 46.8 Å². The third-order valence-corrected chi connectivity index (χ3v) is 16.9. The third-order valence-electron chi connectivity index (χ3n) is 16.0. The number of unbranched alkanes of at least 4 members (excludes halogenated alkanes) is 4. The second-order valence-corrected chi connectivity index (χ2v) is 24.7. The summed E-state index contributed by atoms with van der Waals surface area (Å²) < 4.78 is 65.3. The van der Waals surface area contributed by atoms with Gasteiger partial charge in [-0.15, -0.1) is 0 Å². The molecule has 88 heavy (non-hydrogen) atoms. The summed E-state index contributed by atoms with van der Waals surface area (Å²) in [6.45, 7) is 4.81. The zero-order valence-corrected chi connectivity index (χ0v) is 51.2. The first-order valence-corrected chi connectivity index (χ1v) is 31.5. The molecule has 3 N–H and O–H groups in total. The van der Waals surface area contributed by atoms with E-state index in [-0.39, 0.29) is 73.0 Å². The van der Waals surface area contributed by atoms with Crippen molar-refractivity contribution in [3.63, 3.8) is 0 Å². The molecule has 4 aromatic carbocycles. The molecule has 3 aliphatic rings. The van der Waals surface area contributed by atoms with Gasteiger partial charge in [0.15, 0.2) is 6.10 Å². The summed E-state index contributed by atoms with van der Waals surface area (Å²) in [6, 6.07) is 23.8. The molecule has 8 rings (SSSR count). The molecule has 2 saturated heterocycles. The molecular formula is C63H77N7O17S. The Kier molecular flexibility index (Phi) is 22.7. The number of ether oxygens (including phenoxy) is 7. The second kappa shape index (κ2) is 30.5. The van der Waals surface area contributed by atoms with Gasteiger partial charge in [0.2, 0.25) is 18.1 Å². The molecule has 1 aromatic heterocycles. The molecule has 2 aliphatic heterocycles. The van der Waals surface area contributed by atoms with Gasteiger partial charge < -0.3 is 58.9 Å². The number of sulfone groups is 1. The fourth-order valence-corrected chi connectivity index (χ4v) is 11.4. The highest BCUT2D eigenvalue weighted by molar-refractivity contribution is 7.90. The van der Waals surface area contributed by atoms with E-state index in [2.05, 4.69) is 20.9 Å². The van der Waals surface area contributed by atoms with Crippen molar-refractivity contribution in [2.24, 2.45) is 11.8 Å². The number of fused-ring (bicyclic) bond motifs is 3. The van der Waals surface area contributed by atoms with E-state index in [0.29, 0.717) is 56.6 Å². The SMILES string of the molecule is COC(=O)[C@H]1O[C@@H](Oc2ccc(COC(=O)N(CCS(C)(=O)=O)COC3CCN(C(=O)CCCCCCCNc4c(Nc5ccncc5)c(=O)c4=O)CC3)cc2NC(=O)CN(C)C(=O)OCC2c3ccccc3-c3ccccc32)[C@H](C)[C@@H](C)[C@@H]1OC(C)=O. The largest absolute Gasteiger partial charge is 0.467 e. The molecule has 0 spiro atoms. The van der Waals surface area contributed by atoms with Gasteiger partial charge in [-0.2, -0.15) is 0 Å². The molecule has 24 nitrogen and oxygen atoms in total. The lowest BCUT2D eigenvalue weighted by molar-refractivity contribution is -0.243. The van der Waals surface area contributed by atoms with E-state index >= 15 is 0 Å². The van der Waals surface area contributed by atoms with Gasteiger partial charge in [0.1, 0.15) is 59.6 Å². The number of carbonyl (C=O) groups excluding carboxylic acids is 6. The summed E-state index contributed by atoms with van der Waals surface area (Å²) in [4.78, 5) is 112. The maximum atomic E-state index is 13.9. The number of nitrogens with one attached hydrogen (secondary N) is 3. The number of rotatable bonds is 28. The molecule has 0 unspecified atom stereocenters. The summed E-state index contributed by atoms with van der Waals surface area (Å²) in [5.41, 5.74) is 4.66. The minimum Gasteiger partial charge on any atom is -0.467 e. The molecule has 472 valence electrons. The van der Waals surface area contributed by atoms with Crippen LogP contribution in [0, 0.1) is 11.8 Å². The molecule has 0 radical (unpaired) electrons. The fraction of sp³-hybridized carbons (Fsp3) is 0.476. The van der Waals surface area contributed by atoms with Gasteiger partial charge in [-0.25, -0.2) is 22.8 Å². The van der Waals surface area contributed by atoms with Crippen molar-refractivity contribution in [2.75, 3.05) is 88.2 Å². The highest BCUT2D eigenvalue weighted by atomic mass is 32.2. The van der Waals surface area contributed by atoms with Crippen LogP contribution in [0.4, 0.5) is 32.3 Å². The van der Waals surface area contributed by atoms with Gasteiger partial charge >= 0.3 is 24.1 Å². The van der Waals surface area contributed by atoms with E-state index < -0.39 is 87.6 Å². The van der Waals surface area contributed by atoms with Crippen LogP contribution in [0.5, 0.6) is 5.75 Å². The van der Waals surface area contributed by atoms with Gasteiger partial charge in [0, 0.05) is 88.7 Å². The van der Waals surface area contributed by atoms with Crippen LogP contribution in [-0.2, 0) is 64.0 Å². The lowest BCUT2D eigenvalue weighted by Crippen LogP contribution is -2.55. The molecule has 0 bridgehead atoms. The minimum absolute atomic E-state index is 0.0251. The summed E-state index contributed by atoms with van der Waals surface area (Å²) in [7, 11) is -0.951. The number of hydrogen-bond donors (Lipinski definition) is 3. The lowest BCUT2D eigenvalue weighted by atomic mass is 9.84. The van der Waals surface area contributed by atoms with Crippen molar-refractivity contribution < 1.29 is 70.3 Å². The molecule has 5 atom stereocenters. The van der Waals surface area contributed by atoms with Gasteiger partial charge in [-0.3, -0.25) is 33.9 Å². The van der Waals surface area contributed by atoms with Gasteiger partial charge in [0.05, 0.1) is 24.7 Å². The van der Waals surface area contributed by atoms with Crippen LogP contribution in [0.25, 0.3) is 11.1 Å². The normalized spacial score (nSPS) is 18.3. The molecular weight excluding hydrogens is 1160 g/mol. The van der Waals surface area contributed by atoms with Gasteiger partial charge in [-0.05, 0) is 77.8 Å². The number of piperidine rings is 1. The predicted octanol–water partition coefficient (Wildman–Crippen LogP) is 7.12. The summed E-state index contributed by atoms with van der Waals surface area (Å²) >= 11 is 0. The summed E-state index contributed by atoms with van der Waals surface area (Å²) in [5, 5.41) is 8.85. The Morgan fingerprint density at radius 2 is 1.47 bits per heavy atom. The van der Waals surface area contributed by atoms with E-state index in [0.717, 1.165) is 64.0 Å². The maximum absolute atomic E-state index is 13.9. The Bertz CT molecular complexity index is 3420. The van der Waals surface area contributed by atoms with Crippen molar-refractivity contribution in [1.82, 2.24) is 19.7 Å². The highest BCUT2D eigenvalue weighted by Gasteiger charge is 2.48. The minimum atomic E-state index is -3.54. The number of likely N-dealkylation sites (N-methyl/N-ethyl adjacent to an activating group) is 1. The molecule has 3 heterocycles. The number of aromatic nitrogens is 1. The number of methoxy groups -OCH3 is 1. The Morgan fingerprint density at radius 3 is 2.14 bits per heavy atom. The lowest BCUT2D eigenvalue weighted by Gasteiger charge is -2.42. The quantitative estimate of drug-likeness (QED) is 0.0148. The molecule has 4 amide bonds. The summed E-state index contributed by atoms with van der Waals surface area (Å²) in [5.74, 6) is -3.59. The van der Waals surface area contributed by atoms with Crippen LogP contribution in [0.15, 0.2) is 101 Å². The summed E-state index contributed by atoms with van der Waals surface area (Å²) in [6.07, 6.45) is 4.20. The van der Waals surface area contributed by atoms with Crippen LogP contribution in [-0.4, -0.2) is 161 Å². The van der Waals surface area contributed by atoms with Crippen LogP contribution >= 0.6 is 0 Å². The predicted molar refractivity (Wildman–Crippen MR) is 325 cm³/mol. The first kappa shape index (κ1) is 65.6. The second-order valence-electron chi connectivity index (χ2n) is 22.4. The number of esters is 2. The zero-order valence-electron chi connectivity index (χ0n) is 50.4. The average molecular weight is 1240 g/mol. The van der Waals surface area contributed by atoms with Gasteiger partial charge in [0.25, 0.3) is 10.9 Å². The Balaban J connectivity index is 0.836. The van der Waals surface area contributed by atoms with Crippen molar-refractivity contribution in [2.45, 2.75) is 109 Å². The van der Waals surface area contributed by atoms with E-state index in [1.54, 1.807) is 49.3 Å². The number of likely N-dealkylation sites (tertiary alicyclic amines) is 1. The topological polar surface area (TPSA) is 294 Å². The number of anilines is 4. The van der Waals surface area contributed by atoms with E-state index in [4.69, 9.17) is 33.2 Å². The number of amides is 4. The number of pyridine rings is 1. The van der Waals surface area contributed by atoms with Crippen molar-refractivity contribution in [3.05, 3.63) is 128 Å². The van der Waals surface area contributed by atoms with Crippen LogP contribution in [0.2, 0.25) is 0 Å². The molecule has 2 fully saturated rings. The van der Waals surface area contributed by atoms with Crippen molar-refractivity contribution in [3.8, 4) is 16.9 Å². The number of carbonyl (C=O) groups is 6. The number of benzene rings is 3. The Hall–Kier alpha value is -8.42. The number of hydrogen-bond acceptors (Lipinski definition) is 20. The molecule has 1 aliphatic carbocycles. The van der Waals surface area contributed by atoms with Crippen LogP contribution < -0.4 is 31.5 Å². The van der Waals surface area contributed by atoms with Gasteiger partial charge in [-0.1, -0.05) is 87.7 Å². The Morgan fingerprint density at radius 1 is 0.807 bits per heavy atom. The van der Waals surface area contributed by atoms with Crippen LogP contribution in [0.1, 0.15) is 94.7 Å². The third kappa shape index (κ3) is 17.2. The molecule has 5 aromatic rings. The standard InChI is InChI=1S/C63H77N7O17S/c1-39-40(2)61(87-59(60(76)81-5)58(39)85-41(3)71)86-51-22-21-42(34-50(51)67-52(72)35-68(4)62(77)83-37-49-47-18-13-11-16-45(47)46-17-12-14-19-48(46)49)36-82-63(78)70(32-33-88(6,79)80)38-84-44-25-30-69(31-26-44)53(73)20-10-8-7-9-15-27-65-54-55(57(75)56(54)74)66-43-23-28-64-29-24-43/h11-14,16-19,21-24,28-29,34,39-40,44,49,58-59,61,65H,7-10,15,20,25-27,30-33,35-38H2,1-6H3,(H,64,66)(H,67,72)/t39-,40-,58+,59+,61-/m1/s1. The monoisotopic (exact) mass is 1240 g/mol. The van der Waals surface area contributed by atoms with E-state index in [1.165, 1.54) is 33.2 Å². The van der Waals surface area contributed by atoms with Crippen molar-refractivity contribution in [1.29, 1.82) is 0 Å². The zero-order chi connectivity index (χ0) is 63.1. The molecule has 0 saturated carbocycles.